The minimum Gasteiger partial charge on any atom is -0.494 e. The van der Waals surface area contributed by atoms with Gasteiger partial charge in [-0.05, 0) is 6.07 Å². The van der Waals surface area contributed by atoms with Crippen molar-refractivity contribution in [2.24, 2.45) is 0 Å². The van der Waals surface area contributed by atoms with Gasteiger partial charge >= 0.3 is 0 Å². The van der Waals surface area contributed by atoms with Crippen molar-refractivity contribution >= 4 is 0 Å². The van der Waals surface area contributed by atoms with E-state index in [1.165, 1.54) is 20.4 Å². The number of hydrogen-bond acceptors (Lipinski definition) is 3. The van der Waals surface area contributed by atoms with E-state index < -0.39 is 11.6 Å². The maximum absolute atomic E-state index is 13.7. The van der Waals surface area contributed by atoms with Crippen LogP contribution in [-0.4, -0.2) is 24.2 Å². The Kier molecular flexibility index (Phi) is 2.95. The summed E-state index contributed by atoms with van der Waals surface area (Å²) in [5.41, 5.74) is 0.403. The topological polar surface area (TPSA) is 47.1 Å². The van der Waals surface area contributed by atoms with E-state index in [0.29, 0.717) is 5.69 Å². The smallest absolute Gasteiger partial charge is 0.293 e. The lowest BCUT2D eigenvalue weighted by atomic mass is 10.1. The van der Waals surface area contributed by atoms with Crippen LogP contribution < -0.4 is 9.47 Å². The van der Waals surface area contributed by atoms with Gasteiger partial charge in [0.15, 0.2) is 11.6 Å². The van der Waals surface area contributed by atoms with Gasteiger partial charge in [-0.2, -0.15) is 0 Å². The summed E-state index contributed by atoms with van der Waals surface area (Å²) in [6.07, 6.45) is 1.36. The Balaban J connectivity index is 2.48. The normalized spacial score (nSPS) is 10.4. The molecule has 4 nitrogen and oxygen atoms in total. The van der Waals surface area contributed by atoms with E-state index in [2.05, 4.69) is 14.7 Å². The maximum atomic E-state index is 13.7. The van der Waals surface area contributed by atoms with Gasteiger partial charge in [0.25, 0.3) is 6.01 Å². The molecule has 0 aliphatic rings. The third-order valence-electron chi connectivity index (χ3n) is 2.28. The molecule has 90 valence electrons. The van der Waals surface area contributed by atoms with Crippen LogP contribution in [0.1, 0.15) is 0 Å². The molecule has 0 amide bonds. The zero-order valence-corrected chi connectivity index (χ0v) is 9.25. The van der Waals surface area contributed by atoms with Gasteiger partial charge < -0.3 is 14.5 Å². The van der Waals surface area contributed by atoms with Gasteiger partial charge in [0.05, 0.1) is 26.1 Å². The lowest BCUT2D eigenvalue weighted by molar-refractivity contribution is 0.382. The minimum atomic E-state index is -0.641. The number of aromatic amines is 1. The third kappa shape index (κ3) is 2.06. The Bertz CT molecular complexity index is 540. The van der Waals surface area contributed by atoms with E-state index in [1.807, 2.05) is 0 Å². The van der Waals surface area contributed by atoms with Crippen LogP contribution >= 0.6 is 0 Å². The second-order valence-electron chi connectivity index (χ2n) is 3.27. The van der Waals surface area contributed by atoms with Crippen molar-refractivity contribution in [3.05, 3.63) is 30.0 Å². The van der Waals surface area contributed by atoms with E-state index in [0.717, 1.165) is 12.1 Å². The van der Waals surface area contributed by atoms with Crippen molar-refractivity contribution in [2.75, 3.05) is 14.2 Å². The molecule has 1 aromatic carbocycles. The number of imidazole rings is 1. The number of nitrogens with zero attached hydrogens (tertiary/aromatic N) is 1. The fourth-order valence-electron chi connectivity index (χ4n) is 1.43. The van der Waals surface area contributed by atoms with Crippen LogP contribution in [0, 0.1) is 11.6 Å². The van der Waals surface area contributed by atoms with E-state index in [1.54, 1.807) is 0 Å². The van der Waals surface area contributed by atoms with Crippen LogP contribution in [0.3, 0.4) is 0 Å². The molecular weight excluding hydrogens is 230 g/mol. The molecule has 0 aliphatic carbocycles. The monoisotopic (exact) mass is 240 g/mol. The van der Waals surface area contributed by atoms with Gasteiger partial charge in [-0.15, -0.1) is 0 Å². The predicted octanol–water partition coefficient (Wildman–Crippen LogP) is 2.37. The first-order chi connectivity index (χ1) is 8.15. The Morgan fingerprint density at radius 2 is 1.88 bits per heavy atom. The number of rotatable bonds is 3. The zero-order valence-electron chi connectivity index (χ0n) is 9.25. The molecule has 0 bridgehead atoms. The molecule has 0 aliphatic heterocycles. The summed E-state index contributed by atoms with van der Waals surface area (Å²) >= 11 is 0. The highest BCUT2D eigenvalue weighted by Gasteiger charge is 2.14. The molecule has 0 spiro atoms. The second kappa shape index (κ2) is 4.40. The number of halogens is 2. The van der Waals surface area contributed by atoms with Gasteiger partial charge in [-0.25, -0.2) is 13.8 Å². The summed E-state index contributed by atoms with van der Waals surface area (Å²) in [4.78, 5) is 6.53. The number of H-pyrrole nitrogens is 1. The van der Waals surface area contributed by atoms with Crippen molar-refractivity contribution in [3.8, 4) is 23.0 Å². The van der Waals surface area contributed by atoms with Crippen LogP contribution in [0.25, 0.3) is 11.3 Å². The molecule has 0 fully saturated rings. The molecule has 1 N–H and O–H groups in total. The number of benzene rings is 1. The van der Waals surface area contributed by atoms with Crippen molar-refractivity contribution in [2.45, 2.75) is 0 Å². The molecule has 6 heteroatoms. The summed E-state index contributed by atoms with van der Waals surface area (Å²) in [7, 11) is 2.70. The molecule has 1 heterocycles. The van der Waals surface area contributed by atoms with Crippen LogP contribution in [-0.2, 0) is 0 Å². The standard InChI is InChI=1S/C11H10F2N2O2/c1-16-10-4-7(12)6(3-8(10)13)9-5-14-11(15-9)17-2/h3-5H,1-2H3,(H,14,15). The maximum Gasteiger partial charge on any atom is 0.293 e. The molecule has 17 heavy (non-hydrogen) atoms. The van der Waals surface area contributed by atoms with Crippen LogP contribution in [0.15, 0.2) is 18.3 Å². The highest BCUT2D eigenvalue weighted by atomic mass is 19.1. The number of hydrogen-bond donors (Lipinski definition) is 1. The highest BCUT2D eigenvalue weighted by Crippen LogP contribution is 2.28. The van der Waals surface area contributed by atoms with Crippen molar-refractivity contribution in [1.29, 1.82) is 0 Å². The molecule has 0 saturated carbocycles. The van der Waals surface area contributed by atoms with E-state index in [9.17, 15) is 8.78 Å². The molecule has 0 unspecified atom stereocenters. The van der Waals surface area contributed by atoms with Gasteiger partial charge in [-0.1, -0.05) is 0 Å². The van der Waals surface area contributed by atoms with E-state index in [-0.39, 0.29) is 17.3 Å². The van der Waals surface area contributed by atoms with E-state index in [4.69, 9.17) is 4.74 Å². The third-order valence-corrected chi connectivity index (χ3v) is 2.28. The Hall–Kier alpha value is -2.11. The number of aromatic nitrogens is 2. The molecule has 0 radical (unpaired) electrons. The quantitative estimate of drug-likeness (QED) is 0.895. The summed E-state index contributed by atoms with van der Waals surface area (Å²) in [5, 5.41) is 0. The van der Waals surface area contributed by atoms with Gasteiger partial charge in [0, 0.05) is 11.6 Å². The van der Waals surface area contributed by atoms with Crippen molar-refractivity contribution in [3.63, 3.8) is 0 Å². The van der Waals surface area contributed by atoms with Crippen LogP contribution in [0.4, 0.5) is 8.78 Å². The second-order valence-corrected chi connectivity index (χ2v) is 3.27. The first-order valence-electron chi connectivity index (χ1n) is 4.78. The fourth-order valence-corrected chi connectivity index (χ4v) is 1.43. The molecular formula is C11H10F2N2O2. The van der Waals surface area contributed by atoms with Crippen LogP contribution in [0.2, 0.25) is 0 Å². The SMILES string of the molecule is COc1ncc(-c2cc(F)c(OC)cc2F)[nH]1. The number of methoxy groups -OCH3 is 2. The summed E-state index contributed by atoms with van der Waals surface area (Å²) in [5.74, 6) is -1.38. The highest BCUT2D eigenvalue weighted by molar-refractivity contribution is 5.61. The van der Waals surface area contributed by atoms with Crippen molar-refractivity contribution in [1.82, 2.24) is 9.97 Å². The number of nitrogens with one attached hydrogen (secondary N) is 1. The molecule has 1 aromatic heterocycles. The molecule has 0 atom stereocenters. The molecule has 0 saturated heterocycles. The lowest BCUT2D eigenvalue weighted by Gasteiger charge is -2.05. The van der Waals surface area contributed by atoms with Crippen LogP contribution in [0.5, 0.6) is 11.8 Å². The fraction of sp³-hybridized carbons (Fsp3) is 0.182. The minimum absolute atomic E-state index is 0.0686. The molecule has 2 aromatic rings. The average molecular weight is 240 g/mol. The summed E-state index contributed by atoms with van der Waals surface area (Å²) in [6, 6.07) is 2.26. The van der Waals surface area contributed by atoms with E-state index >= 15 is 0 Å². The largest absolute Gasteiger partial charge is 0.494 e. The first kappa shape index (κ1) is 11.4. The lowest BCUT2D eigenvalue weighted by Crippen LogP contribution is -1.93. The summed E-state index contributed by atoms with van der Waals surface area (Å²) in [6.45, 7) is 0. The predicted molar refractivity (Wildman–Crippen MR) is 57.0 cm³/mol. The Morgan fingerprint density at radius 1 is 1.12 bits per heavy atom. The van der Waals surface area contributed by atoms with Gasteiger partial charge in [-0.3, -0.25) is 0 Å². The first-order valence-corrected chi connectivity index (χ1v) is 4.78. The Labute approximate surface area is 96.2 Å². The molecule has 2 rings (SSSR count). The zero-order chi connectivity index (χ0) is 12.4. The van der Waals surface area contributed by atoms with Crippen molar-refractivity contribution < 1.29 is 18.3 Å². The summed E-state index contributed by atoms with van der Waals surface area (Å²) < 4.78 is 36.6. The van der Waals surface area contributed by atoms with Gasteiger partial charge in [0.1, 0.15) is 5.82 Å². The Morgan fingerprint density at radius 3 is 2.47 bits per heavy atom. The number of ether oxygens (including phenoxy) is 2. The average Bonchev–Trinajstić information content (AvgIpc) is 2.80. The van der Waals surface area contributed by atoms with Gasteiger partial charge in [0.2, 0.25) is 0 Å².